The zero-order chi connectivity index (χ0) is 12.3. The van der Waals surface area contributed by atoms with E-state index in [1.807, 2.05) is 0 Å². The van der Waals surface area contributed by atoms with E-state index in [2.05, 4.69) is 0 Å². The van der Waals surface area contributed by atoms with Crippen LogP contribution in [0.15, 0.2) is 18.2 Å². The van der Waals surface area contributed by atoms with Crippen molar-refractivity contribution < 1.29 is 24.5 Å². The Kier molecular flexibility index (Phi) is 3.94. The summed E-state index contributed by atoms with van der Waals surface area (Å²) in [4.78, 5) is 10.5. The highest BCUT2D eigenvalue weighted by Crippen LogP contribution is 2.19. The lowest BCUT2D eigenvalue weighted by molar-refractivity contribution is 0.0241. The number of carboxylic acid groups (broad SMARTS) is 1. The molecule has 0 saturated carbocycles. The van der Waals surface area contributed by atoms with Crippen molar-refractivity contribution in [2.45, 2.75) is 12.2 Å². The van der Waals surface area contributed by atoms with Gasteiger partial charge in [0.1, 0.15) is 11.9 Å². The third-order valence-corrected chi connectivity index (χ3v) is 2.17. The first-order chi connectivity index (χ1) is 7.47. The molecular formula is C10H12FNO4. The maximum absolute atomic E-state index is 13.2. The summed E-state index contributed by atoms with van der Waals surface area (Å²) in [5.41, 5.74) is 4.72. The summed E-state index contributed by atoms with van der Waals surface area (Å²) in [5, 5.41) is 27.3. The quantitative estimate of drug-likeness (QED) is 0.576. The monoisotopic (exact) mass is 229 g/mol. The molecule has 1 aromatic rings. The van der Waals surface area contributed by atoms with Crippen LogP contribution in [-0.4, -0.2) is 33.9 Å². The lowest BCUT2D eigenvalue weighted by Gasteiger charge is -2.16. The molecule has 0 radical (unpaired) electrons. The summed E-state index contributed by atoms with van der Waals surface area (Å²) in [6.45, 7) is -0.177. The van der Waals surface area contributed by atoms with Crippen LogP contribution < -0.4 is 5.73 Å². The minimum absolute atomic E-state index is 0.0838. The number of carbonyl (C=O) groups is 1. The first-order valence-electron chi connectivity index (χ1n) is 4.56. The van der Waals surface area contributed by atoms with Gasteiger partial charge in [-0.05, 0) is 17.7 Å². The van der Waals surface area contributed by atoms with Crippen molar-refractivity contribution in [3.8, 4) is 0 Å². The highest BCUT2D eigenvalue weighted by molar-refractivity contribution is 5.87. The minimum atomic E-state index is -1.39. The lowest BCUT2D eigenvalue weighted by Crippen LogP contribution is -2.27. The van der Waals surface area contributed by atoms with E-state index in [-0.39, 0.29) is 12.1 Å². The van der Waals surface area contributed by atoms with Crippen LogP contribution in [0.1, 0.15) is 22.0 Å². The summed E-state index contributed by atoms with van der Waals surface area (Å²) < 4.78 is 13.2. The second-order valence-electron chi connectivity index (χ2n) is 3.29. The van der Waals surface area contributed by atoms with Crippen molar-refractivity contribution in [2.24, 2.45) is 5.73 Å². The maximum atomic E-state index is 13.2. The van der Waals surface area contributed by atoms with Gasteiger partial charge in [0.15, 0.2) is 0 Å². The Bertz CT molecular complexity index is 396. The molecule has 0 aliphatic carbocycles. The van der Waals surface area contributed by atoms with E-state index in [0.717, 1.165) is 12.1 Å². The van der Waals surface area contributed by atoms with Crippen LogP contribution in [0.3, 0.4) is 0 Å². The van der Waals surface area contributed by atoms with E-state index in [4.69, 9.17) is 10.8 Å². The Hall–Kier alpha value is -1.50. The van der Waals surface area contributed by atoms with Crippen LogP contribution in [0.25, 0.3) is 0 Å². The molecular weight excluding hydrogens is 217 g/mol. The molecule has 0 amide bonds. The van der Waals surface area contributed by atoms with Gasteiger partial charge in [0.25, 0.3) is 0 Å². The fourth-order valence-electron chi connectivity index (χ4n) is 1.24. The number of hydrogen-bond donors (Lipinski definition) is 4. The van der Waals surface area contributed by atoms with Gasteiger partial charge in [-0.2, -0.15) is 0 Å². The third-order valence-electron chi connectivity index (χ3n) is 2.17. The molecule has 1 aromatic carbocycles. The van der Waals surface area contributed by atoms with Crippen molar-refractivity contribution in [1.82, 2.24) is 0 Å². The third kappa shape index (κ3) is 2.54. The van der Waals surface area contributed by atoms with E-state index in [1.165, 1.54) is 6.07 Å². The molecule has 0 aliphatic heterocycles. The first kappa shape index (κ1) is 12.6. The molecule has 0 aliphatic rings. The average Bonchev–Trinajstić information content (AvgIpc) is 2.26. The van der Waals surface area contributed by atoms with Gasteiger partial charge in [0, 0.05) is 6.54 Å². The van der Waals surface area contributed by atoms with Gasteiger partial charge in [-0.25, -0.2) is 9.18 Å². The molecule has 1 rings (SSSR count). The van der Waals surface area contributed by atoms with Crippen LogP contribution in [0.4, 0.5) is 4.39 Å². The van der Waals surface area contributed by atoms with Crippen molar-refractivity contribution in [3.63, 3.8) is 0 Å². The Morgan fingerprint density at radius 2 is 2.06 bits per heavy atom. The maximum Gasteiger partial charge on any atom is 0.338 e. The molecule has 2 unspecified atom stereocenters. The Morgan fingerprint density at radius 3 is 2.50 bits per heavy atom. The van der Waals surface area contributed by atoms with E-state index in [0.29, 0.717) is 0 Å². The number of aliphatic hydroxyl groups is 2. The number of benzene rings is 1. The predicted molar refractivity (Wildman–Crippen MR) is 53.4 cm³/mol. The van der Waals surface area contributed by atoms with Crippen molar-refractivity contribution in [2.75, 3.05) is 6.54 Å². The predicted octanol–water partition coefficient (Wildman–Crippen LogP) is -0.123. The number of aromatic carboxylic acids is 1. The van der Waals surface area contributed by atoms with Crippen LogP contribution in [0.5, 0.6) is 0 Å². The van der Waals surface area contributed by atoms with Crippen LogP contribution >= 0.6 is 0 Å². The number of hydrogen-bond acceptors (Lipinski definition) is 4. The fraction of sp³-hybridized carbons (Fsp3) is 0.300. The zero-order valence-corrected chi connectivity index (χ0v) is 8.30. The van der Waals surface area contributed by atoms with Crippen molar-refractivity contribution >= 4 is 5.97 Å². The van der Waals surface area contributed by atoms with Crippen LogP contribution in [0.2, 0.25) is 0 Å². The highest BCUT2D eigenvalue weighted by Gasteiger charge is 2.19. The summed E-state index contributed by atoms with van der Waals surface area (Å²) in [5.74, 6) is -2.36. The Balaban J connectivity index is 3.01. The van der Waals surface area contributed by atoms with Crippen LogP contribution in [0, 0.1) is 5.82 Å². The number of nitrogens with two attached hydrogens (primary N) is 1. The van der Waals surface area contributed by atoms with Gasteiger partial charge >= 0.3 is 5.97 Å². The second-order valence-corrected chi connectivity index (χ2v) is 3.29. The molecule has 6 heteroatoms. The molecule has 0 spiro atoms. The Morgan fingerprint density at radius 1 is 1.44 bits per heavy atom. The summed E-state index contributed by atoms with van der Waals surface area (Å²) in [6, 6.07) is 3.13. The van der Waals surface area contributed by atoms with E-state index in [9.17, 15) is 19.4 Å². The van der Waals surface area contributed by atoms with Crippen molar-refractivity contribution in [3.05, 3.63) is 35.1 Å². The van der Waals surface area contributed by atoms with Gasteiger partial charge < -0.3 is 21.1 Å². The molecule has 0 heterocycles. The molecule has 88 valence electrons. The molecule has 0 bridgehead atoms. The fourth-order valence-corrected chi connectivity index (χ4v) is 1.24. The van der Waals surface area contributed by atoms with Gasteiger partial charge in [-0.3, -0.25) is 0 Å². The number of rotatable bonds is 4. The summed E-state index contributed by atoms with van der Waals surface area (Å²) >= 11 is 0. The minimum Gasteiger partial charge on any atom is -0.478 e. The van der Waals surface area contributed by atoms with Gasteiger partial charge in [-0.1, -0.05) is 6.07 Å². The number of halogens is 1. The molecule has 2 atom stereocenters. The lowest BCUT2D eigenvalue weighted by atomic mass is 10.0. The average molecular weight is 229 g/mol. The summed E-state index contributed by atoms with van der Waals surface area (Å²) in [7, 11) is 0. The van der Waals surface area contributed by atoms with E-state index >= 15 is 0 Å². The van der Waals surface area contributed by atoms with Gasteiger partial charge in [-0.15, -0.1) is 0 Å². The standard InChI is InChI=1S/C10H12FNO4/c11-7-3-5(9(14)8(13)4-12)1-2-6(7)10(15)16/h1-3,8-9,13-14H,4,12H2,(H,15,16). The number of aliphatic hydroxyl groups excluding tert-OH is 2. The van der Waals surface area contributed by atoms with Gasteiger partial charge in [0.2, 0.25) is 0 Å². The van der Waals surface area contributed by atoms with Crippen LogP contribution in [-0.2, 0) is 0 Å². The molecule has 5 nitrogen and oxygen atoms in total. The first-order valence-corrected chi connectivity index (χ1v) is 4.56. The second kappa shape index (κ2) is 5.02. The van der Waals surface area contributed by atoms with E-state index < -0.39 is 29.6 Å². The molecule has 5 N–H and O–H groups in total. The molecule has 0 fully saturated rings. The van der Waals surface area contributed by atoms with E-state index in [1.54, 1.807) is 0 Å². The normalized spacial score (nSPS) is 14.5. The van der Waals surface area contributed by atoms with Gasteiger partial charge in [0.05, 0.1) is 11.7 Å². The molecule has 0 saturated heterocycles. The zero-order valence-electron chi connectivity index (χ0n) is 8.30. The highest BCUT2D eigenvalue weighted by atomic mass is 19.1. The molecule has 16 heavy (non-hydrogen) atoms. The molecule has 0 aromatic heterocycles. The SMILES string of the molecule is NCC(O)C(O)c1ccc(C(=O)O)c(F)c1. The summed E-state index contributed by atoms with van der Waals surface area (Å²) in [6.07, 6.45) is -2.54. The topological polar surface area (TPSA) is 104 Å². The smallest absolute Gasteiger partial charge is 0.338 e. The Labute approximate surface area is 90.9 Å². The number of carboxylic acids is 1. The largest absolute Gasteiger partial charge is 0.478 e. The van der Waals surface area contributed by atoms with Crippen molar-refractivity contribution in [1.29, 1.82) is 0 Å².